The number of nitrogens with one attached hydrogen (secondary N) is 14. The average molecular weight is 1910 g/mol. The molecule has 0 unspecified atom stereocenters. The summed E-state index contributed by atoms with van der Waals surface area (Å²) in [5, 5.41) is 43.8. The number of amides is 14. The van der Waals surface area contributed by atoms with Crippen molar-refractivity contribution in [1.82, 2.24) is 42.5 Å². The molecule has 34 heteroatoms. The number of ether oxygens (including phenoxy) is 6. The molecule has 3 aliphatic rings. The molecule has 0 fully saturated rings. The molecule has 0 saturated heterocycles. The van der Waals surface area contributed by atoms with Crippen molar-refractivity contribution in [3.63, 3.8) is 0 Å². The van der Waals surface area contributed by atoms with Gasteiger partial charge in [-0.05, 0) is 328 Å². The van der Waals surface area contributed by atoms with Gasteiger partial charge in [0, 0.05) is 100.0 Å². The molecule has 0 radical (unpaired) electrons. The van der Waals surface area contributed by atoms with Crippen LogP contribution in [0.2, 0.25) is 0 Å². The summed E-state index contributed by atoms with van der Waals surface area (Å²) in [6, 6.07) is 14.7. The van der Waals surface area contributed by atoms with E-state index < -0.39 is 129 Å². The number of rotatable bonds is 28. The van der Waals surface area contributed by atoms with Gasteiger partial charge in [-0.3, -0.25) is 38.4 Å². The maximum atomic E-state index is 15.5. The van der Waals surface area contributed by atoms with E-state index in [1.165, 1.54) is 36.4 Å². The average Bonchev–Trinajstić information content (AvgIpc) is 0.765. The molecule has 14 amide bonds. The van der Waals surface area contributed by atoms with Crippen LogP contribution in [0.25, 0.3) is 10.8 Å². The van der Waals surface area contributed by atoms with Crippen molar-refractivity contribution in [2.45, 2.75) is 366 Å². The van der Waals surface area contributed by atoms with E-state index in [4.69, 9.17) is 28.4 Å². The summed E-state index contributed by atoms with van der Waals surface area (Å²) in [5.74, 6) is -5.30. The lowest BCUT2D eigenvalue weighted by molar-refractivity contribution is -0.158. The zero-order chi connectivity index (χ0) is 102. The lowest BCUT2D eigenvalue weighted by atomic mass is 9.83. The Morgan fingerprint density at radius 3 is 0.623 bits per heavy atom. The van der Waals surface area contributed by atoms with Crippen molar-refractivity contribution in [3.05, 3.63) is 151 Å². The van der Waals surface area contributed by atoms with Crippen LogP contribution in [0, 0.1) is 0 Å². The van der Waals surface area contributed by atoms with E-state index in [0.29, 0.717) is 87.7 Å². The minimum atomic E-state index is -1.53. The van der Waals surface area contributed by atoms with Gasteiger partial charge < -0.3 is 103 Å². The van der Waals surface area contributed by atoms with Crippen molar-refractivity contribution in [3.8, 4) is 0 Å². The van der Waals surface area contributed by atoms with Crippen LogP contribution in [0.1, 0.15) is 331 Å². The number of benzene rings is 6. The number of anilines is 6. The molecule has 0 aromatic heterocycles. The number of hydrogen-bond acceptors (Lipinski definition) is 20. The minimum Gasteiger partial charge on any atom is -0.460 e. The maximum Gasteiger partial charge on any atom is 0.319 e. The minimum absolute atomic E-state index is 0.00849. The predicted molar refractivity (Wildman–Crippen MR) is 532 cm³/mol. The first-order valence-corrected chi connectivity index (χ1v) is 47.9. The fraction of sp³-hybridized carbons (Fsp3) is 0.538. The Labute approximate surface area is 811 Å². The Morgan fingerprint density at radius 1 is 0.261 bits per heavy atom. The lowest BCUT2D eigenvalue weighted by Gasteiger charge is -2.36. The number of carbonyl (C=O) groups is 14. The predicted octanol–water partition coefficient (Wildman–Crippen LogP) is 18.4. The quantitative estimate of drug-likeness (QED) is 0.0160. The molecule has 138 heavy (non-hydrogen) atoms. The van der Waals surface area contributed by atoms with Gasteiger partial charge in [-0.2, -0.15) is 0 Å². The van der Waals surface area contributed by atoms with Crippen LogP contribution in [-0.2, 0) is 135 Å². The van der Waals surface area contributed by atoms with Gasteiger partial charge in [0.1, 0.15) is 33.6 Å². The summed E-state index contributed by atoms with van der Waals surface area (Å²) in [6.07, 6.45) is -0.603. The van der Waals surface area contributed by atoms with Crippen molar-refractivity contribution in [2.75, 3.05) is 31.9 Å². The number of esters is 6. The summed E-state index contributed by atoms with van der Waals surface area (Å²) in [4.78, 5) is 204. The fourth-order valence-electron chi connectivity index (χ4n) is 17.4. The SMILES string of the molecule is CCc1c2c(CC)c3c(CC)c1CNC(=O)Nc1ccc(C(=O)NC(CCC(=O)OC(C)(C)C)(CCC(=O)OC(C)(C)C)CCC(=O)OC(C)(C)C)cc1NC(=O)NCc1c(CC)c(c(CC)c(c1CC)CNC(=O)Nc1cc4ccccc4cc1NC(=O)NC3)CNC(=O)Nc1cc(C(=O)NC(CCC(=O)OC(C)(C)C)(CCC(=O)OC(C)(C)C)CCC(=O)OC(C)(C)C)ccc1NC(=O)NC2. The van der Waals surface area contributed by atoms with E-state index >= 15 is 28.8 Å². The third kappa shape index (κ3) is 33.4. The molecular weight excluding hydrogens is 1770 g/mol. The summed E-state index contributed by atoms with van der Waals surface area (Å²) in [5.41, 5.74) is -0.555. The van der Waals surface area contributed by atoms with Gasteiger partial charge in [0.15, 0.2) is 0 Å². The molecule has 34 nitrogen and oxygen atoms in total. The molecule has 0 atom stereocenters. The number of hydrogen-bond donors (Lipinski definition) is 14. The summed E-state index contributed by atoms with van der Waals surface area (Å²) < 4.78 is 34.5. The Balaban J connectivity index is 1.36. The molecule has 14 N–H and O–H groups in total. The van der Waals surface area contributed by atoms with E-state index in [0.717, 1.165) is 21.9 Å². The molecule has 6 bridgehead atoms. The monoisotopic (exact) mass is 1910 g/mol. The van der Waals surface area contributed by atoms with Gasteiger partial charge in [0.05, 0.1) is 34.1 Å². The zero-order valence-electron chi connectivity index (χ0n) is 85.1. The molecule has 6 aromatic carbocycles. The van der Waals surface area contributed by atoms with Crippen LogP contribution in [0.3, 0.4) is 0 Å². The third-order valence-electron chi connectivity index (χ3n) is 23.1. The van der Waals surface area contributed by atoms with E-state index in [-0.39, 0.29) is 168 Å². The van der Waals surface area contributed by atoms with Crippen LogP contribution in [0.4, 0.5) is 62.9 Å². The topological polar surface area (TPSA) is 463 Å². The second-order valence-electron chi connectivity index (χ2n) is 41.0. The van der Waals surface area contributed by atoms with Crippen molar-refractivity contribution < 1.29 is 95.5 Å². The fourth-order valence-corrected chi connectivity index (χ4v) is 17.4. The third-order valence-corrected chi connectivity index (χ3v) is 23.1. The molecule has 0 spiro atoms. The van der Waals surface area contributed by atoms with Crippen molar-refractivity contribution in [2.24, 2.45) is 0 Å². The standard InChI is InChI=1S/C104H146N14O20/c1-25-65-71-55-105-91(127)111-77-37-35-63(89(125)117-103(45-39-83(119)133-97(7,8)9,46-40-84(120)134-98(10,11)12)47-41-85(121)135-99(13,14)15)53-79(77)113-93(129)107-57-73-68(28-4)74-58-108-94(130)114-80-54-64(90(126)118-104(48-42-86(122)136-100(16,17)18,49-43-87(123)137-101(19,20)21)50-44-88(124)138-102(22,23)24)36-38-78(80)112-92(128)106-56-72(65)67(27-3)75(66(71)26-2)59-109-95(131)115-81-51-61-33-31-32-34-62(61)52-82(81)116-96(132)110-60-76(69(73)29-5)70(74)30-6/h31-38,51-54H,25-30,39-50,55-60H2,1-24H3,(H,117,125)(H,118,126)(H2,105,111,127)(H2,106,112,128)(H2,107,113,129)(H2,108,114,130)(H2,109,115,131)(H2,110,116,132). The van der Waals surface area contributed by atoms with Gasteiger partial charge >= 0.3 is 72.0 Å². The van der Waals surface area contributed by atoms with Crippen molar-refractivity contribution in [1.29, 1.82) is 0 Å². The second kappa shape index (κ2) is 47.3. The summed E-state index contributed by atoms with van der Waals surface area (Å²) >= 11 is 0. The van der Waals surface area contributed by atoms with Gasteiger partial charge in [0.25, 0.3) is 11.8 Å². The van der Waals surface area contributed by atoms with Crippen molar-refractivity contribution >= 4 is 129 Å². The van der Waals surface area contributed by atoms with Crippen LogP contribution in [0.15, 0.2) is 72.8 Å². The first-order chi connectivity index (χ1) is 64.5. The Morgan fingerprint density at radius 2 is 0.442 bits per heavy atom. The van der Waals surface area contributed by atoms with E-state index in [1.54, 1.807) is 137 Å². The number of carbonyl (C=O) groups excluding carboxylic acids is 14. The van der Waals surface area contributed by atoms with Gasteiger partial charge in [-0.25, -0.2) is 28.8 Å². The first-order valence-electron chi connectivity index (χ1n) is 47.9. The number of urea groups is 6. The highest BCUT2D eigenvalue weighted by molar-refractivity contribution is 6.06. The maximum absolute atomic E-state index is 15.5. The molecule has 3 heterocycles. The molecule has 9 rings (SSSR count). The largest absolute Gasteiger partial charge is 0.460 e. The van der Waals surface area contributed by atoms with E-state index in [2.05, 4.69) is 74.4 Å². The Kier molecular flexibility index (Phi) is 37.8. The molecule has 3 aliphatic heterocycles. The Hall–Kier alpha value is -13.0. The molecule has 0 saturated carbocycles. The zero-order valence-corrected chi connectivity index (χ0v) is 85.1. The van der Waals surface area contributed by atoms with Gasteiger partial charge in [0.2, 0.25) is 0 Å². The summed E-state index contributed by atoms with van der Waals surface area (Å²) in [6.45, 7) is 41.1. The molecule has 752 valence electrons. The van der Waals surface area contributed by atoms with E-state index in [9.17, 15) is 38.4 Å². The summed E-state index contributed by atoms with van der Waals surface area (Å²) in [7, 11) is 0. The first kappa shape index (κ1) is 110. The van der Waals surface area contributed by atoms with E-state index in [1.807, 2.05) is 65.8 Å². The highest BCUT2D eigenvalue weighted by atomic mass is 16.6. The molecular formula is C104H146N14O20. The molecule has 6 aromatic rings. The van der Waals surface area contributed by atoms with Crippen LogP contribution < -0.4 is 74.4 Å². The highest BCUT2D eigenvalue weighted by Gasteiger charge is 2.40. The lowest BCUT2D eigenvalue weighted by Crippen LogP contribution is -2.50. The Bertz CT molecular complexity index is 5100. The van der Waals surface area contributed by atoms with Crippen LogP contribution >= 0.6 is 0 Å². The van der Waals surface area contributed by atoms with Crippen LogP contribution in [-0.4, -0.2) is 129 Å². The number of fused-ring (bicyclic) bond motifs is 19. The van der Waals surface area contributed by atoms with Gasteiger partial charge in [-0.15, -0.1) is 0 Å². The van der Waals surface area contributed by atoms with Crippen LogP contribution in [0.5, 0.6) is 0 Å². The smallest absolute Gasteiger partial charge is 0.319 e. The molecule has 0 aliphatic carbocycles. The second-order valence-corrected chi connectivity index (χ2v) is 41.0. The highest BCUT2D eigenvalue weighted by Crippen LogP contribution is 2.39. The van der Waals surface area contributed by atoms with Gasteiger partial charge in [-0.1, -0.05) is 65.8 Å². The normalized spacial score (nSPS) is 14.1.